The van der Waals surface area contributed by atoms with Crippen molar-refractivity contribution in [2.45, 2.75) is 12.7 Å². The van der Waals surface area contributed by atoms with Crippen molar-refractivity contribution in [3.05, 3.63) is 78.8 Å². The summed E-state index contributed by atoms with van der Waals surface area (Å²) in [4.78, 5) is 23.5. The van der Waals surface area contributed by atoms with Gasteiger partial charge < -0.3 is 5.32 Å². The molecule has 1 aromatic carbocycles. The quantitative estimate of drug-likeness (QED) is 0.458. The monoisotopic (exact) mass is 442 g/mol. The fourth-order valence-corrected chi connectivity index (χ4v) is 2.78. The molecular formula is C20H15F3N7O2+. The van der Waals surface area contributed by atoms with Gasteiger partial charge in [-0.3, -0.25) is 14.8 Å². The Morgan fingerprint density at radius 3 is 2.44 bits per heavy atom. The van der Waals surface area contributed by atoms with Gasteiger partial charge in [-0.2, -0.15) is 13.2 Å². The molecule has 0 spiro atoms. The van der Waals surface area contributed by atoms with Crippen LogP contribution >= 0.6 is 0 Å². The number of hydrogen-bond donors (Lipinski definition) is 2. The summed E-state index contributed by atoms with van der Waals surface area (Å²) in [6.07, 6.45) is 3.54. The topological polar surface area (TPSA) is 110 Å². The fourth-order valence-electron chi connectivity index (χ4n) is 2.78. The van der Waals surface area contributed by atoms with E-state index in [0.29, 0.717) is 12.7 Å². The van der Waals surface area contributed by atoms with Gasteiger partial charge in [0.15, 0.2) is 0 Å². The standard InChI is InChI=1S/C20H14F3N7O2/c21-20(22,23)16-5-17(9-24-8-16)27-19(31)28-18-11-30(29-32-18)10-13-1-3-14(4-2-13)15-6-25-12-26-7-15/h1-9,11-12H,10H2,(H-,27,28,29,31)/p+1. The van der Waals surface area contributed by atoms with E-state index in [-0.39, 0.29) is 11.6 Å². The molecule has 3 heterocycles. The molecule has 0 saturated heterocycles. The zero-order valence-electron chi connectivity index (χ0n) is 16.2. The van der Waals surface area contributed by atoms with E-state index in [1.807, 2.05) is 24.3 Å². The van der Waals surface area contributed by atoms with E-state index in [1.165, 1.54) is 17.2 Å². The van der Waals surface area contributed by atoms with Crippen molar-refractivity contribution >= 4 is 17.6 Å². The molecule has 0 aliphatic heterocycles. The van der Waals surface area contributed by atoms with Crippen molar-refractivity contribution in [3.63, 3.8) is 0 Å². The van der Waals surface area contributed by atoms with Crippen LogP contribution in [0.15, 0.2) is 72.2 Å². The normalized spacial score (nSPS) is 11.2. The number of aromatic nitrogens is 5. The number of nitrogens with one attached hydrogen (secondary N) is 2. The summed E-state index contributed by atoms with van der Waals surface area (Å²) >= 11 is 0. The zero-order valence-corrected chi connectivity index (χ0v) is 16.2. The Bertz CT molecular complexity index is 1210. The van der Waals surface area contributed by atoms with Gasteiger partial charge in [0.1, 0.15) is 6.33 Å². The number of carbonyl (C=O) groups is 1. The molecular weight excluding hydrogens is 427 g/mol. The average molecular weight is 442 g/mol. The van der Waals surface area contributed by atoms with Crippen LogP contribution in [0.4, 0.5) is 29.5 Å². The molecule has 0 aliphatic carbocycles. The molecule has 0 saturated carbocycles. The molecule has 2 N–H and O–H groups in total. The second kappa shape index (κ2) is 8.79. The van der Waals surface area contributed by atoms with Crippen LogP contribution in [0.5, 0.6) is 0 Å². The number of anilines is 2. The average Bonchev–Trinajstić information content (AvgIpc) is 3.21. The molecule has 12 heteroatoms. The van der Waals surface area contributed by atoms with Gasteiger partial charge in [0.25, 0.3) is 6.20 Å². The second-order valence-corrected chi connectivity index (χ2v) is 6.63. The number of urea groups is 1. The lowest BCUT2D eigenvalue weighted by molar-refractivity contribution is -0.754. The number of benzene rings is 1. The lowest BCUT2D eigenvalue weighted by Crippen LogP contribution is -2.35. The Labute approximate surface area is 178 Å². The fraction of sp³-hybridized carbons (Fsp3) is 0.100. The maximum absolute atomic E-state index is 12.7. The third-order valence-corrected chi connectivity index (χ3v) is 4.26. The van der Waals surface area contributed by atoms with Crippen LogP contribution in [0.3, 0.4) is 0 Å². The van der Waals surface area contributed by atoms with E-state index in [0.717, 1.165) is 29.0 Å². The summed E-state index contributed by atoms with van der Waals surface area (Å²) in [5.41, 5.74) is 1.69. The molecule has 162 valence electrons. The van der Waals surface area contributed by atoms with Crippen molar-refractivity contribution in [3.8, 4) is 11.1 Å². The summed E-state index contributed by atoms with van der Waals surface area (Å²) in [6, 6.07) is 7.63. The van der Waals surface area contributed by atoms with E-state index in [1.54, 1.807) is 12.4 Å². The van der Waals surface area contributed by atoms with Crippen LogP contribution in [0.2, 0.25) is 0 Å². The van der Waals surface area contributed by atoms with Gasteiger partial charge in [-0.15, -0.1) is 0 Å². The SMILES string of the molecule is O=C(Nc1cncc(C(F)(F)F)c1)Nc1c[n+](Cc2ccc(-c3cncnc3)cc2)no1. The zero-order chi connectivity index (χ0) is 22.6. The minimum Gasteiger partial charge on any atom is -0.306 e. The van der Waals surface area contributed by atoms with E-state index >= 15 is 0 Å². The molecule has 0 bridgehead atoms. The lowest BCUT2D eigenvalue weighted by atomic mass is 10.1. The second-order valence-electron chi connectivity index (χ2n) is 6.63. The molecule has 0 atom stereocenters. The van der Waals surface area contributed by atoms with Gasteiger partial charge in [0, 0.05) is 29.7 Å². The Hall–Kier alpha value is -4.35. The van der Waals surface area contributed by atoms with Gasteiger partial charge in [-0.25, -0.2) is 14.8 Å². The maximum atomic E-state index is 12.7. The molecule has 9 nitrogen and oxygen atoms in total. The third kappa shape index (κ3) is 5.22. The van der Waals surface area contributed by atoms with Gasteiger partial charge in [-0.1, -0.05) is 24.3 Å². The number of amides is 2. The number of carbonyl (C=O) groups excluding carboxylic acids is 1. The van der Waals surface area contributed by atoms with Gasteiger partial charge in [0.2, 0.25) is 11.8 Å². The molecule has 4 aromatic rings. The maximum Gasteiger partial charge on any atom is 0.417 e. The Morgan fingerprint density at radius 2 is 1.72 bits per heavy atom. The van der Waals surface area contributed by atoms with Crippen LogP contribution in [0, 0.1) is 0 Å². The molecule has 0 radical (unpaired) electrons. The van der Waals surface area contributed by atoms with E-state index in [4.69, 9.17) is 4.52 Å². The van der Waals surface area contributed by atoms with Crippen LogP contribution in [0.25, 0.3) is 11.1 Å². The highest BCUT2D eigenvalue weighted by Gasteiger charge is 2.31. The molecule has 0 unspecified atom stereocenters. The predicted octanol–water partition coefficient (Wildman–Crippen LogP) is 3.53. The van der Waals surface area contributed by atoms with Crippen LogP contribution in [0.1, 0.15) is 11.1 Å². The smallest absolute Gasteiger partial charge is 0.306 e. The number of rotatable bonds is 5. The van der Waals surface area contributed by atoms with Crippen molar-refractivity contribution in [1.82, 2.24) is 20.2 Å². The molecule has 4 rings (SSSR count). The van der Waals surface area contributed by atoms with Crippen molar-refractivity contribution in [2.24, 2.45) is 0 Å². The summed E-state index contributed by atoms with van der Waals surface area (Å²) in [6.45, 7) is 0.371. The molecule has 0 fully saturated rings. The molecule has 3 aromatic heterocycles. The van der Waals surface area contributed by atoms with Crippen molar-refractivity contribution < 1.29 is 27.2 Å². The van der Waals surface area contributed by atoms with Crippen molar-refractivity contribution in [1.29, 1.82) is 0 Å². The highest BCUT2D eigenvalue weighted by Crippen LogP contribution is 2.29. The number of alkyl halides is 3. The van der Waals surface area contributed by atoms with E-state index in [9.17, 15) is 18.0 Å². The molecule has 0 aliphatic rings. The first-order valence-corrected chi connectivity index (χ1v) is 9.18. The van der Waals surface area contributed by atoms with Crippen LogP contribution in [-0.4, -0.2) is 26.3 Å². The Balaban J connectivity index is 1.35. The number of halogens is 3. The largest absolute Gasteiger partial charge is 0.417 e. The summed E-state index contributed by atoms with van der Waals surface area (Å²) < 4.78 is 44.7. The van der Waals surface area contributed by atoms with Gasteiger partial charge in [0.05, 0.1) is 17.4 Å². The summed E-state index contributed by atoms with van der Waals surface area (Å²) in [5.74, 6) is 0.0143. The Kier molecular flexibility index (Phi) is 5.75. The summed E-state index contributed by atoms with van der Waals surface area (Å²) in [5, 5.41) is 8.44. The highest BCUT2D eigenvalue weighted by atomic mass is 19.4. The number of hydrogen-bond acceptors (Lipinski definition) is 6. The first kappa shape index (κ1) is 20.9. The highest BCUT2D eigenvalue weighted by molar-refractivity contribution is 5.98. The van der Waals surface area contributed by atoms with Crippen molar-refractivity contribution in [2.75, 3.05) is 10.6 Å². The molecule has 2 amide bonds. The number of pyridine rings is 1. The lowest BCUT2D eigenvalue weighted by Gasteiger charge is -2.08. The van der Waals surface area contributed by atoms with Gasteiger partial charge >= 0.3 is 18.1 Å². The summed E-state index contributed by atoms with van der Waals surface area (Å²) in [7, 11) is 0. The predicted molar refractivity (Wildman–Crippen MR) is 105 cm³/mol. The van der Waals surface area contributed by atoms with Crippen LogP contribution in [-0.2, 0) is 12.7 Å². The first-order valence-electron chi connectivity index (χ1n) is 9.18. The first-order chi connectivity index (χ1) is 15.4. The van der Waals surface area contributed by atoms with Gasteiger partial charge in [-0.05, 0) is 16.3 Å². The van der Waals surface area contributed by atoms with E-state index < -0.39 is 17.8 Å². The van der Waals surface area contributed by atoms with Crippen LogP contribution < -0.4 is 15.3 Å². The van der Waals surface area contributed by atoms with E-state index in [2.05, 4.69) is 30.9 Å². The third-order valence-electron chi connectivity index (χ3n) is 4.26. The number of nitrogens with zero attached hydrogens (tertiary/aromatic N) is 5. The minimum absolute atomic E-state index is 0.0143. The Morgan fingerprint density at radius 1 is 0.969 bits per heavy atom. The molecule has 32 heavy (non-hydrogen) atoms. The minimum atomic E-state index is -4.56.